The van der Waals surface area contributed by atoms with Crippen LogP contribution in [-0.4, -0.2) is 56.5 Å². The minimum Gasteiger partial charge on any atom is -0.466 e. The summed E-state index contributed by atoms with van der Waals surface area (Å²) in [6, 6.07) is 5.88. The lowest BCUT2D eigenvalue weighted by Gasteiger charge is -2.38. The molecule has 9 heteroatoms. The number of allylic oxidation sites excluding steroid dienone is 1. The smallest absolute Gasteiger partial charge is 0.310 e. The van der Waals surface area contributed by atoms with Gasteiger partial charge in [-0.1, -0.05) is 36.0 Å². The molecule has 2 atom stereocenters. The highest BCUT2D eigenvalue weighted by Gasteiger charge is 2.41. The van der Waals surface area contributed by atoms with Crippen molar-refractivity contribution in [1.82, 2.24) is 14.7 Å². The number of benzene rings is 1. The third-order valence-electron chi connectivity index (χ3n) is 6.48. The molecule has 36 heavy (non-hydrogen) atoms. The molecule has 2 fully saturated rings. The lowest BCUT2D eigenvalue weighted by Crippen LogP contribution is -2.43. The predicted octanol–water partition coefficient (Wildman–Crippen LogP) is 4.13. The number of Topliss-reactive ketones (excluding diaryl/α,β-unsaturated/α-hetero) is 1. The first kappa shape index (κ1) is 26.3. The lowest BCUT2D eigenvalue weighted by atomic mass is 9.93. The number of thioether (sulfide) groups is 1. The zero-order valence-corrected chi connectivity index (χ0v) is 21.5. The molecule has 1 aromatic carbocycles. The molecule has 0 N–H and O–H groups in total. The van der Waals surface area contributed by atoms with Crippen LogP contribution < -0.4 is 0 Å². The van der Waals surface area contributed by atoms with Gasteiger partial charge in [0, 0.05) is 48.5 Å². The molecule has 1 aromatic heterocycles. The molecule has 7 nitrogen and oxygen atoms in total. The van der Waals surface area contributed by atoms with E-state index in [0.717, 1.165) is 24.0 Å². The Morgan fingerprint density at radius 3 is 2.72 bits per heavy atom. The van der Waals surface area contributed by atoms with Crippen molar-refractivity contribution in [3.63, 3.8) is 0 Å². The lowest BCUT2D eigenvalue weighted by molar-refractivity contribution is -0.142. The molecule has 1 saturated heterocycles. The quantitative estimate of drug-likeness (QED) is 0.349. The van der Waals surface area contributed by atoms with Crippen LogP contribution in [0, 0.1) is 11.7 Å². The summed E-state index contributed by atoms with van der Waals surface area (Å²) in [7, 11) is 0. The molecule has 2 unspecified atom stereocenters. The summed E-state index contributed by atoms with van der Waals surface area (Å²) >= 11 is 1.29. The highest BCUT2D eigenvalue weighted by atomic mass is 32.2. The monoisotopic (exact) mass is 513 g/mol. The number of esters is 1. The fourth-order valence-corrected chi connectivity index (χ4v) is 5.59. The number of carbonyl (C=O) groups excluding carboxylic acids is 3. The largest absolute Gasteiger partial charge is 0.466 e. The Balaban J connectivity index is 1.54. The molecule has 2 heterocycles. The Hall–Kier alpha value is -2.78. The maximum absolute atomic E-state index is 14.8. The second-order valence-corrected chi connectivity index (χ2v) is 10.7. The van der Waals surface area contributed by atoms with Gasteiger partial charge in [-0.05, 0) is 37.8 Å². The van der Waals surface area contributed by atoms with Crippen LogP contribution in [-0.2, 0) is 32.1 Å². The summed E-state index contributed by atoms with van der Waals surface area (Å²) in [4.78, 5) is 39.0. The summed E-state index contributed by atoms with van der Waals surface area (Å²) in [6.07, 6.45) is 8.05. The number of rotatable bonds is 10. The third kappa shape index (κ3) is 6.70. The summed E-state index contributed by atoms with van der Waals surface area (Å²) in [6.45, 7) is 5.20. The number of likely N-dealkylation sites (tertiary alicyclic amines) is 1. The Kier molecular flexibility index (Phi) is 8.74. The molecule has 1 aliphatic heterocycles. The maximum Gasteiger partial charge on any atom is 0.310 e. The molecule has 0 radical (unpaired) electrons. The zero-order chi connectivity index (χ0) is 25.7. The van der Waals surface area contributed by atoms with Gasteiger partial charge in [0.2, 0.25) is 0 Å². The van der Waals surface area contributed by atoms with Crippen molar-refractivity contribution in [3.8, 4) is 0 Å². The van der Waals surface area contributed by atoms with Gasteiger partial charge in [0.25, 0.3) is 0 Å². The van der Waals surface area contributed by atoms with Crippen molar-refractivity contribution in [3.05, 3.63) is 65.3 Å². The van der Waals surface area contributed by atoms with Crippen molar-refractivity contribution in [1.29, 1.82) is 0 Å². The second-order valence-electron chi connectivity index (χ2n) is 9.29. The number of piperidine rings is 1. The molecule has 192 valence electrons. The van der Waals surface area contributed by atoms with E-state index in [1.807, 2.05) is 6.08 Å². The van der Waals surface area contributed by atoms with E-state index in [4.69, 9.17) is 4.74 Å². The number of ketones is 1. The highest BCUT2D eigenvalue weighted by Crippen LogP contribution is 2.40. The number of hydrogen-bond acceptors (Lipinski definition) is 7. The minimum absolute atomic E-state index is 0.00625. The summed E-state index contributed by atoms with van der Waals surface area (Å²) < 4.78 is 21.5. The molecular formula is C27H32FN3O4S. The number of aromatic nitrogens is 2. The SMILES string of the molecule is CCOC(=O)Cc1cnn(CC=C2CN(C(C(=O)C3CC3)c3ccccc3F)CCC2SC(C)=O)c1. The zero-order valence-electron chi connectivity index (χ0n) is 20.7. The van der Waals surface area contributed by atoms with Crippen LogP contribution in [0.4, 0.5) is 4.39 Å². The van der Waals surface area contributed by atoms with E-state index in [-0.39, 0.29) is 40.3 Å². The van der Waals surface area contributed by atoms with Crippen LogP contribution in [0.25, 0.3) is 0 Å². The molecule has 1 saturated carbocycles. The van der Waals surface area contributed by atoms with Gasteiger partial charge in [0.1, 0.15) is 5.82 Å². The summed E-state index contributed by atoms with van der Waals surface area (Å²) in [5.74, 6) is -0.593. The highest BCUT2D eigenvalue weighted by molar-refractivity contribution is 8.14. The van der Waals surface area contributed by atoms with Gasteiger partial charge in [0.15, 0.2) is 10.9 Å². The van der Waals surface area contributed by atoms with Gasteiger partial charge in [-0.3, -0.25) is 24.0 Å². The van der Waals surface area contributed by atoms with Gasteiger partial charge in [-0.25, -0.2) is 4.39 Å². The van der Waals surface area contributed by atoms with Gasteiger partial charge in [-0.2, -0.15) is 5.10 Å². The normalized spacial score (nSPS) is 20.3. The van der Waals surface area contributed by atoms with E-state index in [1.54, 1.807) is 49.1 Å². The number of hydrogen-bond donors (Lipinski definition) is 0. The van der Waals surface area contributed by atoms with Gasteiger partial charge in [0.05, 0.1) is 31.8 Å². The average Bonchev–Trinajstić information content (AvgIpc) is 3.60. The maximum atomic E-state index is 14.8. The van der Waals surface area contributed by atoms with Crippen LogP contribution in [0.5, 0.6) is 0 Å². The number of ether oxygens (including phenoxy) is 1. The Labute approximate surface area is 215 Å². The van der Waals surface area contributed by atoms with Gasteiger partial charge >= 0.3 is 5.97 Å². The van der Waals surface area contributed by atoms with Crippen LogP contribution in [0.2, 0.25) is 0 Å². The fourth-order valence-electron chi connectivity index (χ4n) is 4.64. The van der Waals surface area contributed by atoms with E-state index < -0.39 is 6.04 Å². The van der Waals surface area contributed by atoms with Crippen LogP contribution in [0.1, 0.15) is 50.3 Å². The molecular weight excluding hydrogens is 481 g/mol. The van der Waals surface area contributed by atoms with Crippen molar-refractivity contribution in [2.75, 3.05) is 19.7 Å². The summed E-state index contributed by atoms with van der Waals surface area (Å²) in [5.41, 5.74) is 2.21. The van der Waals surface area contributed by atoms with E-state index in [0.29, 0.717) is 38.2 Å². The minimum atomic E-state index is -0.633. The summed E-state index contributed by atoms with van der Waals surface area (Å²) in [5, 5.41) is 4.37. The molecule has 0 spiro atoms. The van der Waals surface area contributed by atoms with Crippen molar-refractivity contribution in [2.24, 2.45) is 5.92 Å². The molecule has 0 bridgehead atoms. The molecule has 4 rings (SSSR count). The first-order valence-corrected chi connectivity index (χ1v) is 13.3. The van der Waals surface area contributed by atoms with Crippen molar-refractivity contribution in [2.45, 2.75) is 57.4 Å². The topological polar surface area (TPSA) is 81.5 Å². The molecule has 1 aliphatic carbocycles. The van der Waals surface area contributed by atoms with E-state index in [1.165, 1.54) is 17.8 Å². The van der Waals surface area contributed by atoms with E-state index in [2.05, 4.69) is 10.00 Å². The molecule has 2 aromatic rings. The predicted molar refractivity (Wildman–Crippen MR) is 136 cm³/mol. The first-order chi connectivity index (χ1) is 17.4. The van der Waals surface area contributed by atoms with Crippen LogP contribution >= 0.6 is 11.8 Å². The van der Waals surface area contributed by atoms with E-state index >= 15 is 0 Å². The number of nitrogens with zero attached hydrogens (tertiary/aromatic N) is 3. The van der Waals surface area contributed by atoms with Gasteiger partial charge < -0.3 is 4.74 Å². The van der Waals surface area contributed by atoms with E-state index in [9.17, 15) is 18.8 Å². The average molecular weight is 514 g/mol. The van der Waals surface area contributed by atoms with Crippen LogP contribution in [0.15, 0.2) is 48.3 Å². The van der Waals surface area contributed by atoms with Crippen molar-refractivity contribution >= 4 is 28.6 Å². The first-order valence-electron chi connectivity index (χ1n) is 12.4. The fraction of sp³-hybridized carbons (Fsp3) is 0.481. The number of carbonyl (C=O) groups is 3. The Morgan fingerprint density at radius 1 is 1.25 bits per heavy atom. The molecule has 0 amide bonds. The third-order valence-corrected chi connectivity index (χ3v) is 7.64. The molecule has 2 aliphatic rings. The second kappa shape index (κ2) is 12.0. The van der Waals surface area contributed by atoms with Crippen LogP contribution in [0.3, 0.4) is 0 Å². The number of halogens is 1. The standard InChI is InChI=1S/C27H32FN3O4S/c1-3-35-25(33)14-19-15-29-31(16-19)13-10-21-17-30(12-11-24(21)36-18(2)32)26(27(34)20-8-9-20)22-6-4-5-7-23(22)28/h4-7,10,15-16,20,24,26H,3,8-9,11-14,17H2,1-2H3. The Bertz CT molecular complexity index is 1140. The Morgan fingerprint density at radius 2 is 2.03 bits per heavy atom. The van der Waals surface area contributed by atoms with Gasteiger partial charge in [-0.15, -0.1) is 0 Å². The van der Waals surface area contributed by atoms with Crippen molar-refractivity contribution < 1.29 is 23.5 Å².